The molecule has 1 amide bonds. The topological polar surface area (TPSA) is 58.4 Å². The molecule has 0 heterocycles. The Balaban J connectivity index is 0. The van der Waals surface area contributed by atoms with Crippen LogP contribution in [0.2, 0.25) is 0 Å². The molecule has 1 fully saturated rings. The van der Waals surface area contributed by atoms with Gasteiger partial charge in [0.05, 0.1) is 5.54 Å². The summed E-state index contributed by atoms with van der Waals surface area (Å²) in [5, 5.41) is 2.99. The second kappa shape index (κ2) is 11.6. The molecule has 0 unspecified atom stereocenters. The van der Waals surface area contributed by atoms with Gasteiger partial charge in [-0.25, -0.2) is 0 Å². The predicted octanol–water partition coefficient (Wildman–Crippen LogP) is 2.34. The van der Waals surface area contributed by atoms with Gasteiger partial charge in [-0.15, -0.1) is 24.8 Å². The summed E-state index contributed by atoms with van der Waals surface area (Å²) in [7, 11) is 0. The molecule has 0 aromatic rings. The van der Waals surface area contributed by atoms with Crippen molar-refractivity contribution in [1.29, 1.82) is 0 Å². The van der Waals surface area contributed by atoms with E-state index in [0.29, 0.717) is 0 Å². The minimum absolute atomic E-state index is 0. The Bertz CT molecular complexity index is 255. The van der Waals surface area contributed by atoms with E-state index in [1.54, 1.807) is 0 Å². The Hall–Kier alpha value is -0.0300. The number of hydrogen-bond donors (Lipinski definition) is 2. The molecule has 0 bridgehead atoms. The lowest BCUT2D eigenvalue weighted by Gasteiger charge is -2.22. The average Bonchev–Trinajstić information content (AvgIpc) is 2.82. The van der Waals surface area contributed by atoms with E-state index in [2.05, 4.69) is 24.1 Å². The molecule has 0 spiro atoms. The van der Waals surface area contributed by atoms with Crippen molar-refractivity contribution in [2.45, 2.75) is 57.9 Å². The summed E-state index contributed by atoms with van der Waals surface area (Å²) in [6.07, 6.45) is 6.05. The Kier molecular flexibility index (Phi) is 12.9. The minimum atomic E-state index is -0.571. The quantitative estimate of drug-likeness (QED) is 0.673. The summed E-state index contributed by atoms with van der Waals surface area (Å²) in [5.74, 6) is 0.0582. The molecular formula is C14H31Cl2N3O. The third kappa shape index (κ3) is 7.11. The summed E-state index contributed by atoms with van der Waals surface area (Å²) in [6, 6.07) is 0. The third-order valence-electron chi connectivity index (χ3n) is 4.03. The number of nitrogens with zero attached hydrogens (tertiary/aromatic N) is 1. The molecule has 0 saturated heterocycles. The summed E-state index contributed by atoms with van der Waals surface area (Å²) >= 11 is 0. The van der Waals surface area contributed by atoms with Gasteiger partial charge >= 0.3 is 0 Å². The Labute approximate surface area is 136 Å². The number of rotatable bonds is 8. The highest BCUT2D eigenvalue weighted by Gasteiger charge is 2.36. The van der Waals surface area contributed by atoms with Crippen molar-refractivity contribution in [1.82, 2.24) is 10.2 Å². The number of hydrogen-bond acceptors (Lipinski definition) is 3. The van der Waals surface area contributed by atoms with Crippen molar-refractivity contribution < 1.29 is 4.79 Å². The van der Waals surface area contributed by atoms with Crippen molar-refractivity contribution in [3.05, 3.63) is 0 Å². The first-order valence-electron chi connectivity index (χ1n) is 7.42. The zero-order chi connectivity index (χ0) is 13.4. The molecule has 0 atom stereocenters. The van der Waals surface area contributed by atoms with Crippen molar-refractivity contribution >= 4 is 30.7 Å². The number of unbranched alkanes of at least 4 members (excludes halogenated alkanes) is 1. The SMILES string of the molecule is CCN(CC)CCCCNC(=O)C1(N)CCCC1.Cl.Cl. The van der Waals surface area contributed by atoms with Crippen molar-refractivity contribution in [2.75, 3.05) is 26.2 Å². The lowest BCUT2D eigenvalue weighted by Crippen LogP contribution is -2.52. The van der Waals surface area contributed by atoms with Gasteiger partial charge in [0.15, 0.2) is 0 Å². The maximum absolute atomic E-state index is 11.9. The highest BCUT2D eigenvalue weighted by Crippen LogP contribution is 2.27. The van der Waals surface area contributed by atoms with Crippen LogP contribution in [0.1, 0.15) is 52.4 Å². The minimum Gasteiger partial charge on any atom is -0.355 e. The maximum Gasteiger partial charge on any atom is 0.240 e. The van der Waals surface area contributed by atoms with Crippen molar-refractivity contribution in [3.8, 4) is 0 Å². The molecule has 0 radical (unpaired) electrons. The monoisotopic (exact) mass is 327 g/mol. The molecule has 1 saturated carbocycles. The van der Waals surface area contributed by atoms with E-state index in [1.807, 2.05) is 0 Å². The molecule has 3 N–H and O–H groups in total. The standard InChI is InChI=1S/C14H29N3O.2ClH/c1-3-17(4-2)12-8-7-11-16-13(18)14(15)9-5-6-10-14;;/h3-12,15H2,1-2H3,(H,16,18);2*1H. The van der Waals surface area contributed by atoms with Gasteiger partial charge in [-0.05, 0) is 45.3 Å². The molecule has 1 aliphatic rings. The van der Waals surface area contributed by atoms with Crippen LogP contribution in [0.5, 0.6) is 0 Å². The summed E-state index contributed by atoms with van der Waals surface area (Å²) < 4.78 is 0. The van der Waals surface area contributed by atoms with Crippen LogP contribution in [0.15, 0.2) is 0 Å². The number of nitrogens with two attached hydrogens (primary N) is 1. The molecule has 1 rings (SSSR count). The zero-order valence-electron chi connectivity index (χ0n) is 12.8. The van der Waals surface area contributed by atoms with Crippen LogP contribution in [0.3, 0.4) is 0 Å². The van der Waals surface area contributed by atoms with Gasteiger partial charge in [0.1, 0.15) is 0 Å². The van der Waals surface area contributed by atoms with Gasteiger partial charge in [0, 0.05) is 6.54 Å². The largest absolute Gasteiger partial charge is 0.355 e. The first kappa shape index (κ1) is 22.3. The van der Waals surface area contributed by atoms with E-state index < -0.39 is 5.54 Å². The predicted molar refractivity (Wildman–Crippen MR) is 89.9 cm³/mol. The molecular weight excluding hydrogens is 297 g/mol. The van der Waals surface area contributed by atoms with Crippen LogP contribution in [-0.2, 0) is 4.79 Å². The smallest absolute Gasteiger partial charge is 0.240 e. The van der Waals surface area contributed by atoms with E-state index in [4.69, 9.17) is 5.73 Å². The molecule has 0 aromatic carbocycles. The van der Waals surface area contributed by atoms with Crippen molar-refractivity contribution in [3.63, 3.8) is 0 Å². The zero-order valence-corrected chi connectivity index (χ0v) is 14.5. The van der Waals surface area contributed by atoms with E-state index >= 15 is 0 Å². The lowest BCUT2D eigenvalue weighted by molar-refractivity contribution is -0.126. The molecule has 20 heavy (non-hydrogen) atoms. The van der Waals surface area contributed by atoms with Crippen LogP contribution in [0, 0.1) is 0 Å². The fourth-order valence-corrected chi connectivity index (χ4v) is 2.61. The average molecular weight is 328 g/mol. The van der Waals surface area contributed by atoms with Gasteiger partial charge in [0.25, 0.3) is 0 Å². The van der Waals surface area contributed by atoms with Crippen LogP contribution in [-0.4, -0.2) is 42.5 Å². The highest BCUT2D eigenvalue weighted by atomic mass is 35.5. The molecule has 6 heteroatoms. The van der Waals surface area contributed by atoms with Crippen LogP contribution >= 0.6 is 24.8 Å². The Morgan fingerprint density at radius 3 is 2.20 bits per heavy atom. The number of amides is 1. The fraction of sp³-hybridized carbons (Fsp3) is 0.929. The highest BCUT2D eigenvalue weighted by molar-refractivity contribution is 5.86. The fourth-order valence-electron chi connectivity index (χ4n) is 2.61. The van der Waals surface area contributed by atoms with Crippen LogP contribution < -0.4 is 11.1 Å². The molecule has 4 nitrogen and oxygen atoms in total. The third-order valence-corrected chi connectivity index (χ3v) is 4.03. The molecule has 122 valence electrons. The van der Waals surface area contributed by atoms with Crippen LogP contribution in [0.25, 0.3) is 0 Å². The summed E-state index contributed by atoms with van der Waals surface area (Å²) in [4.78, 5) is 14.3. The van der Waals surface area contributed by atoms with Gasteiger partial charge in [0.2, 0.25) is 5.91 Å². The van der Waals surface area contributed by atoms with Gasteiger partial charge in [-0.3, -0.25) is 4.79 Å². The normalized spacial score (nSPS) is 16.4. The van der Waals surface area contributed by atoms with E-state index in [9.17, 15) is 4.79 Å². The Morgan fingerprint density at radius 1 is 1.15 bits per heavy atom. The second-order valence-electron chi connectivity index (χ2n) is 5.35. The van der Waals surface area contributed by atoms with Gasteiger partial charge < -0.3 is 16.0 Å². The molecule has 0 aromatic heterocycles. The molecule has 0 aliphatic heterocycles. The van der Waals surface area contributed by atoms with Gasteiger partial charge in [-0.2, -0.15) is 0 Å². The van der Waals surface area contributed by atoms with Crippen LogP contribution in [0.4, 0.5) is 0 Å². The second-order valence-corrected chi connectivity index (χ2v) is 5.35. The molecule has 1 aliphatic carbocycles. The number of halogens is 2. The van der Waals surface area contributed by atoms with E-state index in [-0.39, 0.29) is 30.7 Å². The number of nitrogens with one attached hydrogen (secondary N) is 1. The maximum atomic E-state index is 11.9. The van der Waals surface area contributed by atoms with Crippen molar-refractivity contribution in [2.24, 2.45) is 5.73 Å². The van der Waals surface area contributed by atoms with E-state index in [0.717, 1.165) is 64.7 Å². The Morgan fingerprint density at radius 2 is 1.70 bits per heavy atom. The van der Waals surface area contributed by atoms with Gasteiger partial charge in [-0.1, -0.05) is 26.7 Å². The summed E-state index contributed by atoms with van der Waals surface area (Å²) in [5.41, 5.74) is 5.52. The first-order chi connectivity index (χ1) is 8.62. The lowest BCUT2D eigenvalue weighted by atomic mass is 9.98. The summed E-state index contributed by atoms with van der Waals surface area (Å²) in [6.45, 7) is 8.46. The number of carbonyl (C=O) groups excluding carboxylic acids is 1. The van der Waals surface area contributed by atoms with E-state index in [1.165, 1.54) is 0 Å². The first-order valence-corrected chi connectivity index (χ1v) is 7.42. The number of carbonyl (C=O) groups is 1.